The SMILES string of the molecule is O=C(O)COC(=O)N1C[C@H](SC(c2ccccc2)(c2ccccc2)c2ccccc2)C[C@H]1COCc1cc(F)c(F)cc1F. The minimum Gasteiger partial charge on any atom is -0.479 e. The highest BCUT2D eigenvalue weighted by Gasteiger charge is 2.44. The van der Waals surface area contributed by atoms with Gasteiger partial charge in [0.1, 0.15) is 5.82 Å². The van der Waals surface area contributed by atoms with E-state index in [9.17, 15) is 22.8 Å². The minimum atomic E-state index is -1.30. The summed E-state index contributed by atoms with van der Waals surface area (Å²) in [6.45, 7) is -0.988. The van der Waals surface area contributed by atoms with Crippen molar-refractivity contribution >= 4 is 23.8 Å². The van der Waals surface area contributed by atoms with Gasteiger partial charge in [0.2, 0.25) is 0 Å². The average Bonchev–Trinajstić information content (AvgIpc) is 3.44. The summed E-state index contributed by atoms with van der Waals surface area (Å²) in [5.74, 6) is -4.73. The van der Waals surface area contributed by atoms with Gasteiger partial charge in [0.15, 0.2) is 18.2 Å². The lowest BCUT2D eigenvalue weighted by Crippen LogP contribution is -2.39. The van der Waals surface area contributed by atoms with Gasteiger partial charge < -0.3 is 19.5 Å². The number of carbonyl (C=O) groups is 2. The first kappa shape index (κ1) is 31.2. The van der Waals surface area contributed by atoms with E-state index in [0.717, 1.165) is 22.8 Å². The van der Waals surface area contributed by atoms with Gasteiger partial charge in [-0.2, -0.15) is 0 Å². The Kier molecular flexibility index (Phi) is 9.92. The molecule has 2 atom stereocenters. The lowest BCUT2D eigenvalue weighted by atomic mass is 9.84. The molecular weight excluding hydrogens is 591 g/mol. The van der Waals surface area contributed by atoms with E-state index in [2.05, 4.69) is 36.4 Å². The van der Waals surface area contributed by atoms with Crippen molar-refractivity contribution in [3.63, 3.8) is 0 Å². The van der Waals surface area contributed by atoms with Gasteiger partial charge in [-0.3, -0.25) is 0 Å². The van der Waals surface area contributed by atoms with Crippen molar-refractivity contribution in [2.75, 3.05) is 19.8 Å². The van der Waals surface area contributed by atoms with Crippen LogP contribution in [0.15, 0.2) is 103 Å². The third-order valence-corrected chi connectivity index (χ3v) is 9.21. The first-order valence-corrected chi connectivity index (χ1v) is 14.9. The summed E-state index contributed by atoms with van der Waals surface area (Å²) in [7, 11) is 0. The lowest BCUT2D eigenvalue weighted by molar-refractivity contribution is -0.140. The molecule has 0 aliphatic carbocycles. The third kappa shape index (κ3) is 6.92. The predicted octanol–water partition coefficient (Wildman–Crippen LogP) is 7.01. The number of nitrogens with zero attached hydrogens (tertiary/aromatic N) is 1. The van der Waals surface area contributed by atoms with Gasteiger partial charge >= 0.3 is 12.1 Å². The van der Waals surface area contributed by atoms with Gasteiger partial charge in [-0.1, -0.05) is 91.0 Å². The van der Waals surface area contributed by atoms with Crippen molar-refractivity contribution < 1.29 is 37.3 Å². The molecule has 1 heterocycles. The van der Waals surface area contributed by atoms with Crippen LogP contribution in [0.3, 0.4) is 0 Å². The zero-order chi connectivity index (χ0) is 31.1. The minimum absolute atomic E-state index is 0.0628. The summed E-state index contributed by atoms with van der Waals surface area (Å²) < 4.78 is 51.4. The van der Waals surface area contributed by atoms with Gasteiger partial charge in [0.25, 0.3) is 0 Å². The first-order chi connectivity index (χ1) is 21.3. The normalized spacial score (nSPS) is 16.6. The monoisotopic (exact) mass is 621 g/mol. The molecule has 1 aliphatic rings. The van der Waals surface area contributed by atoms with Crippen LogP contribution in [-0.2, 0) is 25.6 Å². The molecule has 1 amide bonds. The lowest BCUT2D eigenvalue weighted by Gasteiger charge is -2.37. The number of halogens is 3. The highest BCUT2D eigenvalue weighted by Crippen LogP contribution is 2.52. The fourth-order valence-electron chi connectivity index (χ4n) is 5.50. The molecule has 6 nitrogen and oxygen atoms in total. The van der Waals surface area contributed by atoms with Gasteiger partial charge in [-0.15, -0.1) is 11.8 Å². The average molecular weight is 622 g/mol. The molecule has 1 saturated heterocycles. The van der Waals surface area contributed by atoms with Crippen molar-refractivity contribution in [2.24, 2.45) is 0 Å². The fourth-order valence-corrected chi connectivity index (χ4v) is 7.37. The molecule has 0 spiro atoms. The molecule has 1 aliphatic heterocycles. The number of hydrogen-bond donors (Lipinski definition) is 1. The van der Waals surface area contributed by atoms with E-state index in [-0.39, 0.29) is 30.6 Å². The molecule has 4 aromatic carbocycles. The molecule has 1 fully saturated rings. The molecule has 0 aromatic heterocycles. The standard InChI is InChI=1S/C34H30F3NO5S/c35-29-18-31(37)30(36)16-23(29)20-42-21-27-17-28(19-38(27)33(41)43-22-32(39)40)44-34(24-10-4-1-5-11-24,25-12-6-2-7-13-25)26-14-8-3-9-15-26/h1-16,18,27-28H,17,19-22H2,(H,39,40)/t27-,28+/m0/s1. The van der Waals surface area contributed by atoms with Crippen LogP contribution in [0.2, 0.25) is 0 Å². The van der Waals surface area contributed by atoms with Crippen molar-refractivity contribution in [1.29, 1.82) is 0 Å². The van der Waals surface area contributed by atoms with E-state index in [1.165, 1.54) is 4.90 Å². The molecule has 0 bridgehead atoms. The molecule has 0 unspecified atom stereocenters. The molecule has 0 radical (unpaired) electrons. The Labute approximate surface area is 257 Å². The highest BCUT2D eigenvalue weighted by atomic mass is 32.2. The molecule has 228 valence electrons. The van der Waals surface area contributed by atoms with E-state index in [0.29, 0.717) is 12.5 Å². The van der Waals surface area contributed by atoms with Crippen LogP contribution in [0, 0.1) is 17.5 Å². The number of carboxylic acid groups (broad SMARTS) is 1. The molecule has 10 heteroatoms. The summed E-state index contributed by atoms with van der Waals surface area (Å²) in [4.78, 5) is 25.6. The number of likely N-dealkylation sites (tertiary alicyclic amines) is 1. The van der Waals surface area contributed by atoms with Crippen LogP contribution in [0.25, 0.3) is 0 Å². The molecular formula is C34H30F3NO5S. The summed E-state index contributed by atoms with van der Waals surface area (Å²) in [5.41, 5.74) is 2.95. The van der Waals surface area contributed by atoms with Crippen LogP contribution in [0.1, 0.15) is 28.7 Å². The van der Waals surface area contributed by atoms with E-state index < -0.39 is 46.9 Å². The summed E-state index contributed by atoms with van der Waals surface area (Å²) in [5, 5.41) is 8.91. The molecule has 1 N–H and O–H groups in total. The number of carbonyl (C=O) groups excluding carboxylic acids is 1. The zero-order valence-corrected chi connectivity index (χ0v) is 24.4. The Morgan fingerprint density at radius 2 is 1.34 bits per heavy atom. The second-order valence-corrected chi connectivity index (χ2v) is 11.9. The Morgan fingerprint density at radius 3 is 1.86 bits per heavy atom. The number of amides is 1. The Balaban J connectivity index is 1.45. The van der Waals surface area contributed by atoms with Crippen molar-refractivity contribution in [1.82, 2.24) is 4.90 Å². The van der Waals surface area contributed by atoms with Crippen molar-refractivity contribution in [3.8, 4) is 0 Å². The first-order valence-electron chi connectivity index (χ1n) is 14.0. The van der Waals surface area contributed by atoms with Gasteiger partial charge in [0.05, 0.1) is 24.0 Å². The maximum absolute atomic E-state index is 14.2. The van der Waals surface area contributed by atoms with Crippen LogP contribution in [0.5, 0.6) is 0 Å². The maximum atomic E-state index is 14.2. The number of ether oxygens (including phenoxy) is 2. The van der Waals surface area contributed by atoms with Gasteiger partial charge in [0, 0.05) is 23.4 Å². The Hall–Kier alpha value is -4.28. The van der Waals surface area contributed by atoms with Crippen molar-refractivity contribution in [3.05, 3.63) is 143 Å². The number of benzene rings is 4. The number of hydrogen-bond acceptors (Lipinski definition) is 5. The number of rotatable bonds is 11. The number of thioether (sulfide) groups is 1. The molecule has 44 heavy (non-hydrogen) atoms. The smallest absolute Gasteiger partial charge is 0.410 e. The summed E-state index contributed by atoms with van der Waals surface area (Å²) in [6.07, 6.45) is -0.366. The fraction of sp³-hybridized carbons (Fsp3) is 0.235. The van der Waals surface area contributed by atoms with Crippen LogP contribution in [-0.4, -0.2) is 53.1 Å². The third-order valence-electron chi connectivity index (χ3n) is 7.47. The van der Waals surface area contributed by atoms with Crippen LogP contribution < -0.4 is 0 Å². The molecule has 5 rings (SSSR count). The quantitative estimate of drug-likeness (QED) is 0.144. The number of carboxylic acids is 1. The van der Waals surface area contributed by atoms with Gasteiger partial charge in [-0.05, 0) is 29.2 Å². The largest absolute Gasteiger partial charge is 0.479 e. The van der Waals surface area contributed by atoms with Gasteiger partial charge in [-0.25, -0.2) is 22.8 Å². The van der Waals surface area contributed by atoms with E-state index in [1.54, 1.807) is 11.8 Å². The zero-order valence-electron chi connectivity index (χ0n) is 23.6. The van der Waals surface area contributed by atoms with Crippen LogP contribution >= 0.6 is 11.8 Å². The molecule has 0 saturated carbocycles. The van der Waals surface area contributed by atoms with Crippen LogP contribution in [0.4, 0.5) is 18.0 Å². The summed E-state index contributed by atoms with van der Waals surface area (Å²) >= 11 is 1.67. The highest BCUT2D eigenvalue weighted by molar-refractivity contribution is 8.01. The second-order valence-electron chi connectivity index (χ2n) is 10.4. The predicted molar refractivity (Wildman–Crippen MR) is 161 cm³/mol. The van der Waals surface area contributed by atoms with E-state index in [4.69, 9.17) is 14.6 Å². The number of aliphatic carboxylic acids is 1. The Morgan fingerprint density at radius 1 is 0.818 bits per heavy atom. The Bertz CT molecular complexity index is 1480. The van der Waals surface area contributed by atoms with E-state index >= 15 is 0 Å². The topological polar surface area (TPSA) is 76.1 Å². The second kappa shape index (κ2) is 14.0. The maximum Gasteiger partial charge on any atom is 0.410 e. The van der Waals surface area contributed by atoms with E-state index in [1.807, 2.05) is 54.6 Å². The summed E-state index contributed by atoms with van der Waals surface area (Å²) in [6, 6.07) is 30.8. The molecule has 4 aromatic rings. The van der Waals surface area contributed by atoms with Crippen molar-refractivity contribution in [2.45, 2.75) is 29.1 Å².